The zero-order valence-corrected chi connectivity index (χ0v) is 16.5. The summed E-state index contributed by atoms with van der Waals surface area (Å²) >= 11 is 0. The van der Waals surface area contributed by atoms with Crippen molar-refractivity contribution in [3.8, 4) is 5.75 Å². The molecule has 144 valence electrons. The zero-order valence-electron chi connectivity index (χ0n) is 16.5. The van der Waals surface area contributed by atoms with Crippen LogP contribution in [0.4, 0.5) is 0 Å². The quantitative estimate of drug-likeness (QED) is 0.779. The van der Waals surface area contributed by atoms with E-state index in [1.165, 1.54) is 5.56 Å². The van der Waals surface area contributed by atoms with Crippen molar-refractivity contribution in [2.45, 2.75) is 39.8 Å². The van der Waals surface area contributed by atoms with Crippen molar-refractivity contribution < 1.29 is 14.3 Å². The molecule has 1 atom stereocenters. The second kappa shape index (κ2) is 9.76. The number of ether oxygens (including phenoxy) is 1. The molecule has 0 aliphatic carbocycles. The fourth-order valence-electron chi connectivity index (χ4n) is 2.85. The molecule has 27 heavy (non-hydrogen) atoms. The third-order valence-corrected chi connectivity index (χ3v) is 4.54. The molecule has 2 amide bonds. The van der Waals surface area contributed by atoms with E-state index in [0.717, 1.165) is 17.5 Å². The van der Waals surface area contributed by atoms with Gasteiger partial charge in [-0.15, -0.1) is 0 Å². The molecule has 0 unspecified atom stereocenters. The molecular formula is C22H28N2O3. The van der Waals surface area contributed by atoms with Crippen LogP contribution in [0.3, 0.4) is 0 Å². The van der Waals surface area contributed by atoms with Gasteiger partial charge in [0.15, 0.2) is 6.61 Å². The standard InChI is InChI=1S/C22H28N2O3/c1-5-18-9-11-20(12-10-18)27-15-21(25)24(17(3)22(26)23-4)14-19-8-6-7-16(2)13-19/h6-13,17H,5,14-15H2,1-4H3,(H,23,26)/t17-/m1/s1. The Kier molecular flexibility index (Phi) is 7.41. The monoisotopic (exact) mass is 368 g/mol. The minimum absolute atomic E-state index is 0.112. The topological polar surface area (TPSA) is 58.6 Å². The number of rotatable bonds is 8. The number of carbonyl (C=O) groups is 2. The highest BCUT2D eigenvalue weighted by atomic mass is 16.5. The highest BCUT2D eigenvalue weighted by molar-refractivity contribution is 5.87. The third kappa shape index (κ3) is 5.84. The summed E-state index contributed by atoms with van der Waals surface area (Å²) in [5.41, 5.74) is 3.30. The van der Waals surface area contributed by atoms with E-state index in [4.69, 9.17) is 4.74 Å². The van der Waals surface area contributed by atoms with Crippen molar-refractivity contribution in [1.29, 1.82) is 0 Å². The molecule has 2 aromatic carbocycles. The average molecular weight is 368 g/mol. The summed E-state index contributed by atoms with van der Waals surface area (Å²) in [5, 5.41) is 2.61. The second-order valence-electron chi connectivity index (χ2n) is 6.59. The highest BCUT2D eigenvalue weighted by Crippen LogP contribution is 2.15. The number of carbonyl (C=O) groups excluding carboxylic acids is 2. The van der Waals surface area contributed by atoms with Gasteiger partial charge in [0.2, 0.25) is 5.91 Å². The van der Waals surface area contributed by atoms with Crippen LogP contribution in [-0.2, 0) is 22.6 Å². The van der Waals surface area contributed by atoms with Crippen molar-refractivity contribution >= 4 is 11.8 Å². The number of amides is 2. The van der Waals surface area contributed by atoms with Crippen LogP contribution >= 0.6 is 0 Å². The molecule has 0 fully saturated rings. The molecule has 0 saturated carbocycles. The Bertz CT molecular complexity index is 771. The summed E-state index contributed by atoms with van der Waals surface area (Å²) in [6.45, 7) is 6.05. The van der Waals surface area contributed by atoms with E-state index in [1.807, 2.05) is 55.5 Å². The van der Waals surface area contributed by atoms with E-state index in [2.05, 4.69) is 12.2 Å². The van der Waals surface area contributed by atoms with E-state index >= 15 is 0 Å². The Balaban J connectivity index is 2.10. The number of hydrogen-bond donors (Lipinski definition) is 1. The van der Waals surface area contributed by atoms with Crippen molar-refractivity contribution in [3.63, 3.8) is 0 Å². The van der Waals surface area contributed by atoms with Gasteiger partial charge in [0.1, 0.15) is 11.8 Å². The van der Waals surface area contributed by atoms with Crippen LogP contribution in [0.5, 0.6) is 5.75 Å². The number of likely N-dealkylation sites (N-methyl/N-ethyl adjacent to an activating group) is 1. The molecule has 0 spiro atoms. The summed E-state index contributed by atoms with van der Waals surface area (Å²) in [5.74, 6) is 0.208. The normalized spacial score (nSPS) is 11.6. The molecule has 0 aromatic heterocycles. The van der Waals surface area contributed by atoms with Crippen molar-refractivity contribution in [2.24, 2.45) is 0 Å². The van der Waals surface area contributed by atoms with Gasteiger partial charge >= 0.3 is 0 Å². The molecule has 2 aromatic rings. The Morgan fingerprint density at radius 1 is 1.11 bits per heavy atom. The van der Waals surface area contributed by atoms with Crippen LogP contribution in [0.25, 0.3) is 0 Å². The summed E-state index contributed by atoms with van der Waals surface area (Å²) in [4.78, 5) is 26.5. The first-order chi connectivity index (χ1) is 12.9. The third-order valence-electron chi connectivity index (χ3n) is 4.54. The maximum absolute atomic E-state index is 12.8. The van der Waals surface area contributed by atoms with E-state index < -0.39 is 6.04 Å². The average Bonchev–Trinajstić information content (AvgIpc) is 2.69. The molecule has 5 heteroatoms. The molecule has 5 nitrogen and oxygen atoms in total. The highest BCUT2D eigenvalue weighted by Gasteiger charge is 2.25. The smallest absolute Gasteiger partial charge is 0.261 e. The van der Waals surface area contributed by atoms with E-state index in [9.17, 15) is 9.59 Å². The molecule has 0 aliphatic rings. The number of benzene rings is 2. The Morgan fingerprint density at radius 2 is 1.81 bits per heavy atom. The van der Waals surface area contributed by atoms with Gasteiger partial charge in [-0.3, -0.25) is 9.59 Å². The second-order valence-corrected chi connectivity index (χ2v) is 6.59. The van der Waals surface area contributed by atoms with Crippen molar-refractivity contribution in [2.75, 3.05) is 13.7 Å². The van der Waals surface area contributed by atoms with E-state index in [-0.39, 0.29) is 18.4 Å². The van der Waals surface area contributed by atoms with Gasteiger partial charge in [-0.1, -0.05) is 48.9 Å². The molecule has 0 aliphatic heterocycles. The first kappa shape index (κ1) is 20.5. The van der Waals surface area contributed by atoms with E-state index in [0.29, 0.717) is 12.3 Å². The van der Waals surface area contributed by atoms with Crippen LogP contribution in [0, 0.1) is 6.92 Å². The lowest BCUT2D eigenvalue weighted by Gasteiger charge is -2.28. The maximum atomic E-state index is 12.8. The number of aryl methyl sites for hydroxylation is 2. The Labute approximate surface area is 161 Å². The first-order valence-electron chi connectivity index (χ1n) is 9.23. The predicted molar refractivity (Wildman–Crippen MR) is 107 cm³/mol. The summed E-state index contributed by atoms with van der Waals surface area (Å²) in [7, 11) is 1.57. The lowest BCUT2D eigenvalue weighted by atomic mass is 10.1. The van der Waals surface area contributed by atoms with Gasteiger partial charge in [-0.2, -0.15) is 0 Å². The SMILES string of the molecule is CCc1ccc(OCC(=O)N(Cc2cccc(C)c2)[C@H](C)C(=O)NC)cc1. The number of nitrogens with one attached hydrogen (secondary N) is 1. The van der Waals surface area contributed by atoms with Gasteiger partial charge in [0, 0.05) is 13.6 Å². The predicted octanol–water partition coefficient (Wildman–Crippen LogP) is 3.10. The molecule has 0 heterocycles. The van der Waals surface area contributed by atoms with Crippen LogP contribution in [0.15, 0.2) is 48.5 Å². The molecule has 2 rings (SSSR count). The van der Waals surface area contributed by atoms with Gasteiger partial charge < -0.3 is 15.0 Å². The lowest BCUT2D eigenvalue weighted by molar-refractivity contribution is -0.142. The first-order valence-corrected chi connectivity index (χ1v) is 9.23. The minimum atomic E-state index is -0.589. The fraction of sp³-hybridized carbons (Fsp3) is 0.364. The number of hydrogen-bond acceptors (Lipinski definition) is 3. The van der Waals surface area contributed by atoms with Crippen LogP contribution in [-0.4, -0.2) is 36.4 Å². The van der Waals surface area contributed by atoms with Gasteiger partial charge in [0.05, 0.1) is 0 Å². The maximum Gasteiger partial charge on any atom is 0.261 e. The largest absolute Gasteiger partial charge is 0.484 e. The molecular weight excluding hydrogens is 340 g/mol. The molecule has 1 N–H and O–H groups in total. The van der Waals surface area contributed by atoms with E-state index in [1.54, 1.807) is 18.9 Å². The lowest BCUT2D eigenvalue weighted by Crippen LogP contribution is -2.48. The van der Waals surface area contributed by atoms with Crippen LogP contribution in [0.1, 0.15) is 30.5 Å². The van der Waals surface area contributed by atoms with Crippen LogP contribution in [0.2, 0.25) is 0 Å². The van der Waals surface area contributed by atoms with Crippen molar-refractivity contribution in [1.82, 2.24) is 10.2 Å². The zero-order chi connectivity index (χ0) is 19.8. The summed E-state index contributed by atoms with van der Waals surface area (Å²) in [6, 6.07) is 15.0. The molecule has 0 saturated heterocycles. The van der Waals surface area contributed by atoms with Gasteiger partial charge in [0.25, 0.3) is 5.91 Å². The van der Waals surface area contributed by atoms with Crippen molar-refractivity contribution in [3.05, 3.63) is 65.2 Å². The summed E-state index contributed by atoms with van der Waals surface area (Å²) in [6.07, 6.45) is 0.952. The number of nitrogens with zero attached hydrogens (tertiary/aromatic N) is 1. The fourth-order valence-corrected chi connectivity index (χ4v) is 2.85. The molecule has 0 radical (unpaired) electrons. The van der Waals surface area contributed by atoms with Gasteiger partial charge in [-0.25, -0.2) is 0 Å². The Morgan fingerprint density at radius 3 is 2.41 bits per heavy atom. The molecule has 0 bridgehead atoms. The summed E-state index contributed by atoms with van der Waals surface area (Å²) < 4.78 is 5.65. The minimum Gasteiger partial charge on any atom is -0.484 e. The Hall–Kier alpha value is -2.82. The van der Waals surface area contributed by atoms with Crippen LogP contribution < -0.4 is 10.1 Å². The van der Waals surface area contributed by atoms with Gasteiger partial charge in [-0.05, 0) is 43.5 Å².